The first-order valence-electron chi connectivity index (χ1n) is 7.39. The third-order valence-electron chi connectivity index (χ3n) is 3.94. The van der Waals surface area contributed by atoms with Gasteiger partial charge in [-0.1, -0.05) is 18.2 Å². The Morgan fingerprint density at radius 1 is 1.45 bits per heavy atom. The van der Waals surface area contributed by atoms with E-state index in [4.69, 9.17) is 4.74 Å². The third kappa shape index (κ3) is 3.18. The van der Waals surface area contributed by atoms with Gasteiger partial charge in [-0.3, -0.25) is 4.79 Å². The molecule has 1 aromatic heterocycles. The zero-order valence-electron chi connectivity index (χ0n) is 12.5. The van der Waals surface area contributed by atoms with Crippen molar-refractivity contribution >= 4 is 5.91 Å². The minimum absolute atomic E-state index is 0.00909. The first kappa shape index (κ1) is 14.7. The van der Waals surface area contributed by atoms with E-state index in [0.717, 1.165) is 17.8 Å². The molecule has 6 heteroatoms. The van der Waals surface area contributed by atoms with Crippen molar-refractivity contribution in [1.82, 2.24) is 20.4 Å². The number of hydrogen-bond acceptors (Lipinski definition) is 4. The highest BCUT2D eigenvalue weighted by Crippen LogP contribution is 2.14. The van der Waals surface area contributed by atoms with Crippen molar-refractivity contribution < 1.29 is 9.53 Å². The van der Waals surface area contributed by atoms with Crippen LogP contribution in [-0.2, 0) is 16.1 Å². The summed E-state index contributed by atoms with van der Waals surface area (Å²) in [6, 6.07) is 9.61. The summed E-state index contributed by atoms with van der Waals surface area (Å²) in [4.78, 5) is 12.2. The standard InChI is InChI=1S/C16H20N4O2/c1-22-13-9-14(17-11-13)16(21)18-10-12-5-2-3-6-15(12)20-8-4-7-19-20/h2-8,13-14,17H,9-11H2,1H3,(H,18,21)/t13-,14+/m0/s1. The Kier molecular flexibility index (Phi) is 4.50. The molecule has 1 aliphatic heterocycles. The first-order chi connectivity index (χ1) is 10.8. The molecule has 0 saturated carbocycles. The zero-order chi connectivity index (χ0) is 15.4. The number of carbonyl (C=O) groups excluding carboxylic acids is 1. The van der Waals surface area contributed by atoms with E-state index in [0.29, 0.717) is 13.0 Å². The van der Waals surface area contributed by atoms with Gasteiger partial charge in [0.05, 0.1) is 17.8 Å². The Morgan fingerprint density at radius 3 is 3.05 bits per heavy atom. The fraction of sp³-hybridized carbons (Fsp3) is 0.375. The summed E-state index contributed by atoms with van der Waals surface area (Å²) in [5.74, 6) is 0.00909. The van der Waals surface area contributed by atoms with Crippen molar-refractivity contribution in [2.45, 2.75) is 25.1 Å². The number of nitrogens with zero attached hydrogens (tertiary/aromatic N) is 2. The molecular formula is C16H20N4O2. The lowest BCUT2D eigenvalue weighted by molar-refractivity contribution is -0.123. The van der Waals surface area contributed by atoms with E-state index in [1.54, 1.807) is 18.0 Å². The summed E-state index contributed by atoms with van der Waals surface area (Å²) in [6.45, 7) is 1.20. The Labute approximate surface area is 129 Å². The van der Waals surface area contributed by atoms with Crippen LogP contribution in [0.25, 0.3) is 5.69 Å². The number of amides is 1. The monoisotopic (exact) mass is 300 g/mol. The topological polar surface area (TPSA) is 68.2 Å². The predicted octanol–water partition coefficient (Wildman–Crippen LogP) is 0.865. The van der Waals surface area contributed by atoms with Crippen LogP contribution in [0.15, 0.2) is 42.7 Å². The number of methoxy groups -OCH3 is 1. The van der Waals surface area contributed by atoms with Crippen LogP contribution in [0.3, 0.4) is 0 Å². The quantitative estimate of drug-likeness (QED) is 0.859. The minimum atomic E-state index is -0.179. The summed E-state index contributed by atoms with van der Waals surface area (Å²) in [5.41, 5.74) is 2.00. The number of nitrogens with one attached hydrogen (secondary N) is 2. The second kappa shape index (κ2) is 6.72. The van der Waals surface area contributed by atoms with E-state index >= 15 is 0 Å². The maximum atomic E-state index is 12.2. The Morgan fingerprint density at radius 2 is 2.32 bits per heavy atom. The second-order valence-corrected chi connectivity index (χ2v) is 5.35. The lowest BCUT2D eigenvalue weighted by Gasteiger charge is -2.13. The van der Waals surface area contributed by atoms with Gasteiger partial charge in [0, 0.05) is 32.6 Å². The summed E-state index contributed by atoms with van der Waals surface area (Å²) >= 11 is 0. The van der Waals surface area contributed by atoms with Crippen molar-refractivity contribution in [3.8, 4) is 5.69 Å². The summed E-state index contributed by atoms with van der Waals surface area (Å²) in [6.07, 6.45) is 4.46. The van der Waals surface area contributed by atoms with Crippen LogP contribution < -0.4 is 10.6 Å². The number of rotatable bonds is 5. The number of para-hydroxylation sites is 1. The molecule has 22 heavy (non-hydrogen) atoms. The van der Waals surface area contributed by atoms with Gasteiger partial charge < -0.3 is 15.4 Å². The minimum Gasteiger partial charge on any atom is -0.380 e. The molecule has 1 aliphatic rings. The van der Waals surface area contributed by atoms with Crippen LogP contribution in [0.4, 0.5) is 0 Å². The van der Waals surface area contributed by atoms with E-state index in [-0.39, 0.29) is 18.1 Å². The van der Waals surface area contributed by atoms with Crippen LogP contribution >= 0.6 is 0 Å². The van der Waals surface area contributed by atoms with Crippen LogP contribution in [0.5, 0.6) is 0 Å². The highest BCUT2D eigenvalue weighted by atomic mass is 16.5. The van der Waals surface area contributed by atoms with E-state index in [9.17, 15) is 4.79 Å². The fourth-order valence-corrected chi connectivity index (χ4v) is 2.68. The normalized spacial score (nSPS) is 21.0. The molecule has 0 bridgehead atoms. The Balaban J connectivity index is 1.64. The molecule has 0 spiro atoms. The average Bonchev–Trinajstić information content (AvgIpc) is 3.24. The molecule has 0 aliphatic carbocycles. The van der Waals surface area contributed by atoms with E-state index in [1.807, 2.05) is 36.5 Å². The Hall–Kier alpha value is -2.18. The van der Waals surface area contributed by atoms with Crippen molar-refractivity contribution in [2.24, 2.45) is 0 Å². The number of aromatic nitrogens is 2. The maximum absolute atomic E-state index is 12.2. The zero-order valence-corrected chi connectivity index (χ0v) is 12.5. The van der Waals surface area contributed by atoms with Gasteiger partial charge in [0.25, 0.3) is 0 Å². The first-order valence-corrected chi connectivity index (χ1v) is 7.39. The molecule has 0 unspecified atom stereocenters. The lowest BCUT2D eigenvalue weighted by atomic mass is 10.1. The molecule has 2 heterocycles. The molecule has 2 aromatic rings. The van der Waals surface area contributed by atoms with Gasteiger partial charge in [-0.05, 0) is 24.1 Å². The van der Waals surface area contributed by atoms with Crippen LogP contribution in [0, 0.1) is 0 Å². The average molecular weight is 300 g/mol. The molecule has 116 valence electrons. The molecule has 1 aromatic carbocycles. The molecular weight excluding hydrogens is 280 g/mol. The van der Waals surface area contributed by atoms with Crippen LogP contribution in [-0.4, -0.2) is 41.5 Å². The largest absolute Gasteiger partial charge is 0.380 e. The number of carbonyl (C=O) groups is 1. The molecule has 6 nitrogen and oxygen atoms in total. The Bertz CT molecular complexity index is 627. The second-order valence-electron chi connectivity index (χ2n) is 5.35. The molecule has 0 radical (unpaired) electrons. The predicted molar refractivity (Wildman–Crippen MR) is 82.6 cm³/mol. The third-order valence-corrected chi connectivity index (χ3v) is 3.94. The molecule has 2 N–H and O–H groups in total. The molecule has 3 rings (SSSR count). The van der Waals surface area contributed by atoms with Crippen molar-refractivity contribution in [3.63, 3.8) is 0 Å². The van der Waals surface area contributed by atoms with Gasteiger partial charge in [0.1, 0.15) is 0 Å². The van der Waals surface area contributed by atoms with E-state index in [1.165, 1.54) is 0 Å². The molecule has 1 amide bonds. The van der Waals surface area contributed by atoms with Gasteiger partial charge in [0.2, 0.25) is 5.91 Å². The van der Waals surface area contributed by atoms with Crippen molar-refractivity contribution in [1.29, 1.82) is 0 Å². The number of benzene rings is 1. The molecule has 1 fully saturated rings. The van der Waals surface area contributed by atoms with Gasteiger partial charge in [-0.2, -0.15) is 5.10 Å². The fourth-order valence-electron chi connectivity index (χ4n) is 2.68. The van der Waals surface area contributed by atoms with Crippen LogP contribution in [0.2, 0.25) is 0 Å². The molecule has 1 saturated heterocycles. The highest BCUT2D eigenvalue weighted by Gasteiger charge is 2.29. The van der Waals surface area contributed by atoms with Crippen molar-refractivity contribution in [2.75, 3.05) is 13.7 Å². The number of ether oxygens (including phenoxy) is 1. The summed E-state index contributed by atoms with van der Waals surface area (Å²) < 4.78 is 7.07. The highest BCUT2D eigenvalue weighted by molar-refractivity contribution is 5.82. The van der Waals surface area contributed by atoms with E-state index < -0.39 is 0 Å². The van der Waals surface area contributed by atoms with Gasteiger partial charge >= 0.3 is 0 Å². The smallest absolute Gasteiger partial charge is 0.237 e. The van der Waals surface area contributed by atoms with Crippen LogP contribution in [0.1, 0.15) is 12.0 Å². The van der Waals surface area contributed by atoms with E-state index in [2.05, 4.69) is 15.7 Å². The van der Waals surface area contributed by atoms with Crippen molar-refractivity contribution in [3.05, 3.63) is 48.3 Å². The maximum Gasteiger partial charge on any atom is 0.237 e. The SMILES string of the molecule is CO[C@@H]1CN[C@@H](C(=O)NCc2ccccc2-n2cccn2)C1. The lowest BCUT2D eigenvalue weighted by Crippen LogP contribution is -2.40. The summed E-state index contributed by atoms with van der Waals surface area (Å²) in [7, 11) is 1.67. The summed E-state index contributed by atoms with van der Waals surface area (Å²) in [5, 5.41) is 10.4. The van der Waals surface area contributed by atoms with Gasteiger partial charge in [-0.15, -0.1) is 0 Å². The van der Waals surface area contributed by atoms with Gasteiger partial charge in [0.15, 0.2) is 0 Å². The van der Waals surface area contributed by atoms with Gasteiger partial charge in [-0.25, -0.2) is 4.68 Å². The molecule has 2 atom stereocenters. The number of hydrogen-bond donors (Lipinski definition) is 2.